The molecule has 3 heterocycles. The second-order valence-electron chi connectivity index (χ2n) is 6.55. The van der Waals surface area contributed by atoms with Crippen molar-refractivity contribution in [1.29, 1.82) is 0 Å². The summed E-state index contributed by atoms with van der Waals surface area (Å²) in [6.07, 6.45) is 4.47. The smallest absolute Gasteiger partial charge is 0.0965 e. The van der Waals surface area contributed by atoms with Crippen LogP contribution in [0, 0.1) is 0 Å². The fourth-order valence-electron chi connectivity index (χ4n) is 3.82. The molecule has 0 amide bonds. The van der Waals surface area contributed by atoms with Gasteiger partial charge in [0.25, 0.3) is 0 Å². The van der Waals surface area contributed by atoms with Crippen LogP contribution in [0.4, 0.5) is 0 Å². The van der Waals surface area contributed by atoms with Gasteiger partial charge in [0, 0.05) is 37.8 Å². The standard InChI is InChI=1S/C18H22N2O2/c21-17-13-20(9-7-18(17)6-2-10-22-18)12-14-4-5-16-15(11-14)3-1-8-19-16/h1,3-5,8,11,17,21H,2,6-7,9-10,12-13H2/t17-,18-/m0/s1. The number of rotatable bonds is 2. The van der Waals surface area contributed by atoms with Gasteiger partial charge < -0.3 is 9.84 Å². The second-order valence-corrected chi connectivity index (χ2v) is 6.55. The van der Waals surface area contributed by atoms with Crippen molar-refractivity contribution in [1.82, 2.24) is 9.88 Å². The Morgan fingerprint density at radius 2 is 2.27 bits per heavy atom. The molecule has 0 aliphatic carbocycles. The van der Waals surface area contributed by atoms with Gasteiger partial charge in [-0.05, 0) is 43.0 Å². The summed E-state index contributed by atoms with van der Waals surface area (Å²) in [5.74, 6) is 0. The minimum atomic E-state index is -0.370. The van der Waals surface area contributed by atoms with Gasteiger partial charge in [0.05, 0.1) is 17.2 Å². The van der Waals surface area contributed by atoms with E-state index in [1.165, 1.54) is 10.9 Å². The molecular weight excluding hydrogens is 276 g/mol. The number of fused-ring (bicyclic) bond motifs is 1. The Bertz CT molecular complexity index is 667. The Kier molecular flexibility index (Phi) is 3.60. The zero-order valence-electron chi connectivity index (χ0n) is 12.7. The van der Waals surface area contributed by atoms with Crippen LogP contribution in [0.25, 0.3) is 10.9 Å². The molecule has 0 radical (unpaired) electrons. The van der Waals surface area contributed by atoms with Crippen LogP contribution in [0.3, 0.4) is 0 Å². The summed E-state index contributed by atoms with van der Waals surface area (Å²) in [4.78, 5) is 6.69. The number of ether oxygens (including phenoxy) is 1. The van der Waals surface area contributed by atoms with E-state index in [9.17, 15) is 5.11 Å². The average molecular weight is 298 g/mol. The van der Waals surface area contributed by atoms with Gasteiger partial charge in [-0.3, -0.25) is 9.88 Å². The molecule has 2 aliphatic rings. The summed E-state index contributed by atoms with van der Waals surface area (Å²) < 4.78 is 5.86. The second kappa shape index (κ2) is 5.61. The molecule has 4 rings (SSSR count). The third-order valence-electron chi connectivity index (χ3n) is 5.10. The maximum atomic E-state index is 10.5. The number of likely N-dealkylation sites (tertiary alicyclic amines) is 1. The van der Waals surface area contributed by atoms with E-state index in [2.05, 4.69) is 34.1 Å². The molecule has 1 spiro atoms. The first-order valence-corrected chi connectivity index (χ1v) is 8.13. The Morgan fingerprint density at radius 1 is 1.32 bits per heavy atom. The average Bonchev–Trinajstić information content (AvgIpc) is 3.01. The first-order valence-electron chi connectivity index (χ1n) is 8.13. The van der Waals surface area contributed by atoms with E-state index < -0.39 is 0 Å². The van der Waals surface area contributed by atoms with Gasteiger partial charge in [-0.25, -0.2) is 0 Å². The number of aromatic nitrogens is 1. The van der Waals surface area contributed by atoms with E-state index in [1.54, 1.807) is 0 Å². The number of hydrogen-bond donors (Lipinski definition) is 1. The lowest BCUT2D eigenvalue weighted by molar-refractivity contribution is -0.130. The van der Waals surface area contributed by atoms with Crippen LogP contribution in [0.1, 0.15) is 24.8 Å². The summed E-state index contributed by atoms with van der Waals surface area (Å²) in [5, 5.41) is 11.7. The van der Waals surface area contributed by atoms with Crippen molar-refractivity contribution in [2.45, 2.75) is 37.5 Å². The van der Waals surface area contributed by atoms with E-state index in [0.29, 0.717) is 6.54 Å². The largest absolute Gasteiger partial charge is 0.389 e. The number of hydrogen-bond acceptors (Lipinski definition) is 4. The van der Waals surface area contributed by atoms with Crippen LogP contribution in [0.15, 0.2) is 36.5 Å². The summed E-state index contributed by atoms with van der Waals surface area (Å²) in [6, 6.07) is 10.5. The number of aliphatic hydroxyl groups is 1. The van der Waals surface area contributed by atoms with Crippen LogP contribution < -0.4 is 0 Å². The van der Waals surface area contributed by atoms with Gasteiger partial charge in [-0.1, -0.05) is 12.1 Å². The van der Waals surface area contributed by atoms with E-state index in [0.717, 1.165) is 44.5 Å². The van der Waals surface area contributed by atoms with Gasteiger partial charge in [0.2, 0.25) is 0 Å². The molecule has 2 aromatic rings. The maximum Gasteiger partial charge on any atom is 0.0965 e. The number of piperidine rings is 1. The fourth-order valence-corrected chi connectivity index (χ4v) is 3.82. The van der Waals surface area contributed by atoms with Crippen molar-refractivity contribution in [3.63, 3.8) is 0 Å². The molecule has 2 saturated heterocycles. The van der Waals surface area contributed by atoms with Gasteiger partial charge >= 0.3 is 0 Å². The van der Waals surface area contributed by atoms with Crippen molar-refractivity contribution in [3.05, 3.63) is 42.1 Å². The summed E-state index contributed by atoms with van der Waals surface area (Å²) >= 11 is 0. The van der Waals surface area contributed by atoms with Crippen LogP contribution in [0.5, 0.6) is 0 Å². The molecule has 2 atom stereocenters. The predicted molar refractivity (Wildman–Crippen MR) is 85.6 cm³/mol. The SMILES string of the molecule is O[C@H]1CN(Cc2ccc3ncccc3c2)CC[C@@]12CCCO2. The maximum absolute atomic E-state index is 10.5. The first kappa shape index (κ1) is 14.1. The van der Waals surface area contributed by atoms with Crippen molar-refractivity contribution in [3.8, 4) is 0 Å². The molecule has 1 N–H and O–H groups in total. The first-order chi connectivity index (χ1) is 10.8. The number of aliphatic hydroxyl groups excluding tert-OH is 1. The molecule has 2 fully saturated rings. The Hall–Kier alpha value is -1.49. The van der Waals surface area contributed by atoms with E-state index >= 15 is 0 Å². The Balaban J connectivity index is 1.47. The number of nitrogens with zero attached hydrogens (tertiary/aromatic N) is 2. The molecule has 1 aromatic heterocycles. The van der Waals surface area contributed by atoms with E-state index in [1.807, 2.05) is 12.3 Å². The lowest BCUT2D eigenvalue weighted by Gasteiger charge is -2.42. The summed E-state index contributed by atoms with van der Waals surface area (Å²) in [7, 11) is 0. The topological polar surface area (TPSA) is 45.6 Å². The molecule has 0 bridgehead atoms. The Morgan fingerprint density at radius 3 is 3.09 bits per heavy atom. The summed E-state index contributed by atoms with van der Waals surface area (Å²) in [6.45, 7) is 3.36. The highest BCUT2D eigenvalue weighted by atomic mass is 16.5. The minimum absolute atomic E-state index is 0.260. The molecule has 4 nitrogen and oxygen atoms in total. The highest BCUT2D eigenvalue weighted by Crippen LogP contribution is 2.36. The van der Waals surface area contributed by atoms with Gasteiger partial charge in [0.1, 0.15) is 0 Å². The number of pyridine rings is 1. The highest BCUT2D eigenvalue weighted by molar-refractivity contribution is 5.78. The van der Waals surface area contributed by atoms with Crippen molar-refractivity contribution >= 4 is 10.9 Å². The zero-order valence-corrected chi connectivity index (χ0v) is 12.7. The Labute approximate surface area is 130 Å². The third-order valence-corrected chi connectivity index (χ3v) is 5.10. The fraction of sp³-hybridized carbons (Fsp3) is 0.500. The molecule has 2 aliphatic heterocycles. The predicted octanol–water partition coefficient (Wildman–Crippen LogP) is 2.35. The number of β-amino-alcohol motifs (C(OH)–C–C–N with tert-alkyl or cyclic N) is 1. The van der Waals surface area contributed by atoms with E-state index in [4.69, 9.17) is 4.74 Å². The van der Waals surface area contributed by atoms with Crippen LogP contribution in [0.2, 0.25) is 0 Å². The third kappa shape index (κ3) is 2.51. The van der Waals surface area contributed by atoms with Crippen LogP contribution in [-0.4, -0.2) is 46.4 Å². The summed E-state index contributed by atoms with van der Waals surface area (Å²) in [5.41, 5.74) is 2.04. The molecule has 116 valence electrons. The van der Waals surface area contributed by atoms with Gasteiger partial charge in [-0.2, -0.15) is 0 Å². The lowest BCUT2D eigenvalue weighted by Crippen LogP contribution is -2.54. The monoisotopic (exact) mass is 298 g/mol. The zero-order chi connectivity index (χ0) is 15.0. The van der Waals surface area contributed by atoms with Crippen molar-refractivity contribution in [2.75, 3.05) is 19.7 Å². The molecule has 4 heteroatoms. The van der Waals surface area contributed by atoms with Crippen molar-refractivity contribution < 1.29 is 9.84 Å². The van der Waals surface area contributed by atoms with Gasteiger partial charge in [0.15, 0.2) is 0 Å². The highest BCUT2D eigenvalue weighted by Gasteiger charge is 2.45. The van der Waals surface area contributed by atoms with Crippen molar-refractivity contribution in [2.24, 2.45) is 0 Å². The van der Waals surface area contributed by atoms with Crippen LogP contribution >= 0.6 is 0 Å². The molecule has 22 heavy (non-hydrogen) atoms. The van der Waals surface area contributed by atoms with E-state index in [-0.39, 0.29) is 11.7 Å². The minimum Gasteiger partial charge on any atom is -0.389 e. The molecular formula is C18H22N2O2. The molecule has 0 saturated carbocycles. The van der Waals surface area contributed by atoms with Crippen LogP contribution in [-0.2, 0) is 11.3 Å². The normalized spacial score (nSPS) is 29.4. The lowest BCUT2D eigenvalue weighted by atomic mass is 9.86. The van der Waals surface area contributed by atoms with Gasteiger partial charge in [-0.15, -0.1) is 0 Å². The molecule has 0 unspecified atom stereocenters. The quantitative estimate of drug-likeness (QED) is 0.924. The number of benzene rings is 1. The molecule has 1 aromatic carbocycles.